The zero-order valence-electron chi connectivity index (χ0n) is 10.3. The normalized spacial score (nSPS) is 13.4. The maximum absolute atomic E-state index is 10.9. The van der Waals surface area contributed by atoms with Crippen molar-refractivity contribution in [3.8, 4) is 0 Å². The first-order valence-electron chi connectivity index (χ1n) is 5.78. The summed E-state index contributed by atoms with van der Waals surface area (Å²) in [6, 6.07) is 10.2. The fourth-order valence-corrected chi connectivity index (χ4v) is 3.79. The van der Waals surface area contributed by atoms with Crippen molar-refractivity contribution in [2.45, 2.75) is 39.0 Å². The van der Waals surface area contributed by atoms with E-state index in [0.717, 1.165) is 19.1 Å². The topological polar surface area (TPSA) is 26.3 Å². The van der Waals surface area contributed by atoms with Crippen molar-refractivity contribution in [3.05, 3.63) is 30.3 Å². The summed E-state index contributed by atoms with van der Waals surface area (Å²) in [4.78, 5) is 10.9. The number of benzene rings is 1. The lowest BCUT2D eigenvalue weighted by atomic mass is 10.2. The number of carbonyl (C=O) groups excluding carboxylic acids is 1. The first-order chi connectivity index (χ1) is 7.60. The van der Waals surface area contributed by atoms with Gasteiger partial charge in [-0.25, -0.2) is 0 Å². The Bertz CT molecular complexity index is 322. The Labute approximate surface area is 98.8 Å². The molecule has 0 aliphatic heterocycles. The van der Waals surface area contributed by atoms with Gasteiger partial charge in [0.15, 0.2) is 0 Å². The third-order valence-corrected chi connectivity index (χ3v) is 5.26. The van der Waals surface area contributed by atoms with Crippen molar-refractivity contribution in [1.82, 2.24) is 0 Å². The maximum atomic E-state index is 10.9. The lowest BCUT2D eigenvalue weighted by Gasteiger charge is -2.26. The van der Waals surface area contributed by atoms with Gasteiger partial charge in [0.1, 0.15) is 12.4 Å². The van der Waals surface area contributed by atoms with Crippen LogP contribution in [0.4, 0.5) is 0 Å². The predicted molar refractivity (Wildman–Crippen MR) is 69.4 cm³/mol. The molecular formula is C13H20O2Si. The lowest BCUT2D eigenvalue weighted by Crippen LogP contribution is -2.47. The van der Waals surface area contributed by atoms with Gasteiger partial charge in [-0.3, -0.25) is 0 Å². The van der Waals surface area contributed by atoms with Crippen LogP contribution >= 0.6 is 0 Å². The predicted octanol–water partition coefficient (Wildman–Crippen LogP) is 2.48. The summed E-state index contributed by atoms with van der Waals surface area (Å²) in [5, 5.41) is 1.23. The standard InChI is InChI=1S/C13H20O2Si/c1-4-8-12(11-14)15-16(2,3)13-9-6-5-7-10-13/h5-7,9-12H,4,8H2,1-3H3. The van der Waals surface area contributed by atoms with Gasteiger partial charge in [0.05, 0.1) is 0 Å². The monoisotopic (exact) mass is 236 g/mol. The van der Waals surface area contributed by atoms with E-state index in [-0.39, 0.29) is 6.10 Å². The average molecular weight is 236 g/mol. The first-order valence-corrected chi connectivity index (χ1v) is 8.69. The zero-order chi connectivity index (χ0) is 12.0. The van der Waals surface area contributed by atoms with Crippen LogP contribution in [0.15, 0.2) is 30.3 Å². The molecule has 1 aromatic carbocycles. The zero-order valence-corrected chi connectivity index (χ0v) is 11.3. The van der Waals surface area contributed by atoms with Crippen LogP contribution in [0.3, 0.4) is 0 Å². The van der Waals surface area contributed by atoms with Crippen molar-refractivity contribution in [2.75, 3.05) is 0 Å². The molecule has 0 bridgehead atoms. The summed E-state index contributed by atoms with van der Waals surface area (Å²) in [6.07, 6.45) is 2.48. The summed E-state index contributed by atoms with van der Waals surface area (Å²) < 4.78 is 5.98. The van der Waals surface area contributed by atoms with Gasteiger partial charge in [-0.15, -0.1) is 0 Å². The van der Waals surface area contributed by atoms with Gasteiger partial charge in [-0.2, -0.15) is 0 Å². The molecule has 1 aromatic rings. The third-order valence-electron chi connectivity index (χ3n) is 2.64. The highest BCUT2D eigenvalue weighted by Crippen LogP contribution is 2.11. The minimum Gasteiger partial charge on any atom is -0.403 e. The van der Waals surface area contributed by atoms with Gasteiger partial charge in [0, 0.05) is 0 Å². The summed E-state index contributed by atoms with van der Waals surface area (Å²) in [7, 11) is -1.93. The van der Waals surface area contributed by atoms with Crippen LogP contribution in [0, 0.1) is 0 Å². The van der Waals surface area contributed by atoms with Crippen LogP contribution in [0.2, 0.25) is 13.1 Å². The van der Waals surface area contributed by atoms with Crippen LogP contribution in [-0.4, -0.2) is 20.7 Å². The lowest BCUT2D eigenvalue weighted by molar-refractivity contribution is -0.114. The Morgan fingerprint density at radius 1 is 1.31 bits per heavy atom. The minimum atomic E-state index is -1.93. The van der Waals surface area contributed by atoms with Crippen molar-refractivity contribution in [2.24, 2.45) is 0 Å². The fraction of sp³-hybridized carbons (Fsp3) is 0.462. The molecule has 16 heavy (non-hydrogen) atoms. The molecule has 0 amide bonds. The Morgan fingerprint density at radius 3 is 2.44 bits per heavy atom. The molecule has 1 rings (SSSR count). The molecule has 0 fully saturated rings. The van der Waals surface area contributed by atoms with Gasteiger partial charge in [0.25, 0.3) is 0 Å². The number of aldehydes is 1. The molecule has 2 nitrogen and oxygen atoms in total. The molecule has 1 unspecified atom stereocenters. The van der Waals surface area contributed by atoms with Gasteiger partial charge in [0.2, 0.25) is 8.32 Å². The first kappa shape index (κ1) is 13.1. The second kappa shape index (κ2) is 5.96. The second-order valence-electron chi connectivity index (χ2n) is 4.46. The van der Waals surface area contributed by atoms with E-state index in [4.69, 9.17) is 4.43 Å². The SMILES string of the molecule is CCCC(C=O)O[Si](C)(C)c1ccccc1. The smallest absolute Gasteiger partial charge is 0.219 e. The van der Waals surface area contributed by atoms with Crippen molar-refractivity contribution in [1.29, 1.82) is 0 Å². The quantitative estimate of drug-likeness (QED) is 0.560. The van der Waals surface area contributed by atoms with Gasteiger partial charge in [-0.05, 0) is 24.7 Å². The molecule has 0 heterocycles. The van der Waals surface area contributed by atoms with Crippen molar-refractivity contribution >= 4 is 19.8 Å². The molecule has 88 valence electrons. The van der Waals surface area contributed by atoms with Crippen LogP contribution in [0.1, 0.15) is 19.8 Å². The summed E-state index contributed by atoms with van der Waals surface area (Å²) in [6.45, 7) is 6.33. The van der Waals surface area contributed by atoms with Crippen molar-refractivity contribution < 1.29 is 9.22 Å². The number of carbonyl (C=O) groups is 1. The Hall–Kier alpha value is -0.933. The van der Waals surface area contributed by atoms with Crippen LogP contribution < -0.4 is 5.19 Å². The molecule has 0 aromatic heterocycles. The molecular weight excluding hydrogens is 216 g/mol. The third kappa shape index (κ3) is 3.58. The van der Waals surface area contributed by atoms with Crippen LogP contribution in [0.5, 0.6) is 0 Å². The number of hydrogen-bond donors (Lipinski definition) is 0. The Morgan fingerprint density at radius 2 is 1.94 bits per heavy atom. The molecule has 1 atom stereocenters. The molecule has 0 saturated carbocycles. The fourth-order valence-electron chi connectivity index (χ4n) is 1.73. The van der Waals surface area contributed by atoms with Crippen LogP contribution in [0.25, 0.3) is 0 Å². The van der Waals surface area contributed by atoms with E-state index in [1.54, 1.807) is 0 Å². The van der Waals surface area contributed by atoms with Gasteiger partial charge >= 0.3 is 0 Å². The number of rotatable bonds is 6. The average Bonchev–Trinajstić information content (AvgIpc) is 2.29. The second-order valence-corrected chi connectivity index (χ2v) is 8.29. The number of hydrogen-bond acceptors (Lipinski definition) is 2. The van der Waals surface area contributed by atoms with E-state index in [0.29, 0.717) is 0 Å². The minimum absolute atomic E-state index is 0.244. The maximum Gasteiger partial charge on any atom is 0.219 e. The molecule has 0 N–H and O–H groups in total. The van der Waals surface area contributed by atoms with Crippen molar-refractivity contribution in [3.63, 3.8) is 0 Å². The molecule has 3 heteroatoms. The highest BCUT2D eigenvalue weighted by atomic mass is 28.4. The van der Waals surface area contributed by atoms with E-state index in [1.807, 2.05) is 18.2 Å². The Balaban J connectivity index is 2.74. The van der Waals surface area contributed by atoms with E-state index in [2.05, 4.69) is 32.2 Å². The summed E-state index contributed by atoms with van der Waals surface area (Å²) >= 11 is 0. The van der Waals surface area contributed by atoms with E-state index in [1.165, 1.54) is 5.19 Å². The Kier molecular flexibility index (Phi) is 4.90. The molecule has 0 aliphatic rings. The van der Waals surface area contributed by atoms with Gasteiger partial charge < -0.3 is 9.22 Å². The summed E-state index contributed by atoms with van der Waals surface area (Å²) in [5.74, 6) is 0. The highest BCUT2D eigenvalue weighted by Gasteiger charge is 2.28. The highest BCUT2D eigenvalue weighted by molar-refractivity contribution is 6.84. The van der Waals surface area contributed by atoms with E-state index < -0.39 is 8.32 Å². The van der Waals surface area contributed by atoms with E-state index >= 15 is 0 Å². The van der Waals surface area contributed by atoms with Gasteiger partial charge in [-0.1, -0.05) is 43.7 Å². The molecule has 0 radical (unpaired) electrons. The van der Waals surface area contributed by atoms with E-state index in [9.17, 15) is 4.79 Å². The molecule has 0 saturated heterocycles. The molecule has 0 aliphatic carbocycles. The van der Waals surface area contributed by atoms with Crippen LogP contribution in [-0.2, 0) is 9.22 Å². The summed E-state index contributed by atoms with van der Waals surface area (Å²) in [5.41, 5.74) is 0. The molecule has 0 spiro atoms. The largest absolute Gasteiger partial charge is 0.403 e.